The fourth-order valence-corrected chi connectivity index (χ4v) is 4.34. The molecule has 5 nitrogen and oxygen atoms in total. The Morgan fingerprint density at radius 1 is 1.00 bits per heavy atom. The average molecular weight is 517 g/mol. The van der Waals surface area contributed by atoms with Crippen molar-refractivity contribution < 1.29 is 29.0 Å². The number of Topliss-reactive ketones (excluding diaryl/α,β-unsaturated/α-hetero) is 1. The van der Waals surface area contributed by atoms with Gasteiger partial charge in [0.1, 0.15) is 22.2 Å². The number of nitrogens with one attached hydrogen (secondary N) is 1. The highest BCUT2D eigenvalue weighted by molar-refractivity contribution is 8.45. The number of halogens is 5. The molecule has 1 atom stereocenters. The largest absolute Gasteiger partial charge is 0.497 e. The first-order valence-corrected chi connectivity index (χ1v) is 12.6. The number of carbonyl (C=O) groups excluding carboxylic acids is 1. The van der Waals surface area contributed by atoms with Crippen molar-refractivity contribution in [1.29, 1.82) is 0 Å². The number of carbonyl (C=O) groups is 1. The lowest BCUT2D eigenvalue weighted by atomic mass is 9.84. The third kappa shape index (κ3) is 6.91. The van der Waals surface area contributed by atoms with Gasteiger partial charge in [-0.2, -0.15) is 0 Å². The molecule has 0 aliphatic rings. The number of ketones is 1. The van der Waals surface area contributed by atoms with Gasteiger partial charge in [-0.3, -0.25) is 9.59 Å². The molecule has 35 heavy (non-hydrogen) atoms. The zero-order valence-electron chi connectivity index (χ0n) is 19.2. The van der Waals surface area contributed by atoms with Crippen molar-refractivity contribution >= 4 is 16.0 Å². The Hall–Kier alpha value is -3.21. The van der Waals surface area contributed by atoms with Crippen LogP contribution in [0.5, 0.6) is 5.75 Å². The third-order valence-corrected chi connectivity index (χ3v) is 6.73. The monoisotopic (exact) mass is 516 g/mol. The molecule has 0 aliphatic carbocycles. The minimum absolute atomic E-state index is 0.0773. The Kier molecular flexibility index (Phi) is 6.62. The summed E-state index contributed by atoms with van der Waals surface area (Å²) in [6.07, 6.45) is 0.0929. The van der Waals surface area contributed by atoms with Crippen LogP contribution in [0.4, 0.5) is 19.4 Å². The van der Waals surface area contributed by atoms with E-state index in [-0.39, 0.29) is 30.3 Å². The Morgan fingerprint density at radius 2 is 1.60 bits per heavy atom. The summed E-state index contributed by atoms with van der Waals surface area (Å²) in [6, 6.07) is 10.8. The van der Waals surface area contributed by atoms with Crippen molar-refractivity contribution in [2.75, 3.05) is 7.11 Å². The molecule has 3 rings (SSSR count). The van der Waals surface area contributed by atoms with E-state index in [9.17, 15) is 29.0 Å². The number of hydrogen-bond acceptors (Lipinski definition) is 4. The van der Waals surface area contributed by atoms with E-state index in [1.807, 2.05) is 0 Å². The zero-order chi connectivity index (χ0) is 26.1. The molecular formula is C24H25F5N2O3S. The number of methoxy groups -OCH3 is 1. The van der Waals surface area contributed by atoms with Crippen LogP contribution in [0.2, 0.25) is 0 Å². The highest BCUT2D eigenvalue weighted by atomic mass is 32.5. The van der Waals surface area contributed by atoms with Crippen LogP contribution in [0.15, 0.2) is 64.3 Å². The van der Waals surface area contributed by atoms with Crippen molar-refractivity contribution in [3.63, 3.8) is 0 Å². The molecule has 1 heterocycles. The van der Waals surface area contributed by atoms with Gasteiger partial charge >= 0.3 is 10.2 Å². The van der Waals surface area contributed by atoms with Crippen LogP contribution in [-0.2, 0) is 6.42 Å². The standard InChI is InChI=1S/C24H25F5N2O3S/c1-15(2)20(17-6-10-19(11-7-17)35(25,26,27,28)29)13-22(32)21-14-24(33)31-23(30-21)12-16-4-8-18(34-3)9-5-16/h4-11,14-15,20H,12-13H2,1-3H3,(H,30,31,33)/t20-/m1/s1. The summed E-state index contributed by atoms with van der Waals surface area (Å²) in [5.74, 6) is -0.325. The molecule has 0 spiro atoms. The molecule has 0 fully saturated rings. The molecule has 11 heteroatoms. The van der Waals surface area contributed by atoms with Crippen LogP contribution in [-0.4, -0.2) is 22.9 Å². The van der Waals surface area contributed by atoms with Crippen LogP contribution >= 0.6 is 10.2 Å². The number of H-pyrrole nitrogens is 1. The molecule has 0 bridgehead atoms. The van der Waals surface area contributed by atoms with Crippen LogP contribution in [0.25, 0.3) is 0 Å². The highest BCUT2D eigenvalue weighted by Gasteiger charge is 2.65. The summed E-state index contributed by atoms with van der Waals surface area (Å²) in [7, 11) is -8.25. The van der Waals surface area contributed by atoms with Crippen molar-refractivity contribution in [3.8, 4) is 5.75 Å². The van der Waals surface area contributed by atoms with Gasteiger partial charge in [0.2, 0.25) is 0 Å². The lowest BCUT2D eigenvalue weighted by molar-refractivity contribution is 0.0960. The Labute approximate surface area is 199 Å². The maximum Gasteiger partial charge on any atom is 0.310 e. The number of aromatic nitrogens is 2. The number of rotatable bonds is 9. The van der Waals surface area contributed by atoms with Gasteiger partial charge in [-0.25, -0.2) is 4.98 Å². The zero-order valence-corrected chi connectivity index (χ0v) is 20.1. The average Bonchev–Trinajstić information content (AvgIpc) is 2.76. The molecule has 3 aromatic rings. The highest BCUT2D eigenvalue weighted by Crippen LogP contribution is 3.02. The molecule has 190 valence electrons. The first kappa shape index (κ1) is 26.4. The fourth-order valence-electron chi connectivity index (χ4n) is 3.69. The van der Waals surface area contributed by atoms with Crippen molar-refractivity contribution in [3.05, 3.63) is 87.6 Å². The summed E-state index contributed by atoms with van der Waals surface area (Å²) in [6.45, 7) is 3.52. The quantitative estimate of drug-likeness (QED) is 0.245. The van der Waals surface area contributed by atoms with Crippen LogP contribution < -0.4 is 10.3 Å². The topological polar surface area (TPSA) is 72.0 Å². The van der Waals surface area contributed by atoms with Crippen molar-refractivity contribution in [2.24, 2.45) is 5.92 Å². The molecule has 0 amide bonds. The molecule has 2 aromatic carbocycles. The van der Waals surface area contributed by atoms with Gasteiger partial charge in [0.25, 0.3) is 5.56 Å². The molecular weight excluding hydrogens is 491 g/mol. The van der Waals surface area contributed by atoms with Gasteiger partial charge in [0.05, 0.1) is 7.11 Å². The first-order valence-electron chi connectivity index (χ1n) is 10.7. The Morgan fingerprint density at radius 3 is 2.11 bits per heavy atom. The lowest BCUT2D eigenvalue weighted by Crippen LogP contribution is -2.19. The summed E-state index contributed by atoms with van der Waals surface area (Å²) >= 11 is 0. The van der Waals surface area contributed by atoms with Gasteiger partial charge in [0, 0.05) is 18.9 Å². The predicted octanol–water partition coefficient (Wildman–Crippen LogP) is 7.04. The molecule has 1 aromatic heterocycles. The molecule has 0 saturated heterocycles. The number of ether oxygens (including phenoxy) is 1. The predicted molar refractivity (Wildman–Crippen MR) is 125 cm³/mol. The smallest absolute Gasteiger partial charge is 0.310 e. The lowest BCUT2D eigenvalue weighted by Gasteiger charge is -2.40. The Bertz CT molecular complexity index is 1270. The number of aromatic amines is 1. The van der Waals surface area contributed by atoms with Gasteiger partial charge < -0.3 is 9.72 Å². The van der Waals surface area contributed by atoms with E-state index in [4.69, 9.17) is 4.74 Å². The maximum absolute atomic E-state index is 13.0. The van der Waals surface area contributed by atoms with E-state index in [1.54, 1.807) is 38.1 Å². The summed E-state index contributed by atoms with van der Waals surface area (Å²) in [5.41, 5.74) is 0.532. The van der Waals surface area contributed by atoms with E-state index in [0.717, 1.165) is 23.8 Å². The maximum atomic E-state index is 13.0. The number of benzene rings is 2. The number of nitrogens with zero attached hydrogens (tertiary/aromatic N) is 1. The minimum Gasteiger partial charge on any atom is -0.497 e. The van der Waals surface area contributed by atoms with E-state index in [1.165, 1.54) is 7.11 Å². The second-order valence-electron chi connectivity index (χ2n) is 8.62. The van der Waals surface area contributed by atoms with E-state index < -0.39 is 32.4 Å². The van der Waals surface area contributed by atoms with E-state index in [0.29, 0.717) is 23.4 Å². The van der Waals surface area contributed by atoms with Crippen molar-refractivity contribution in [1.82, 2.24) is 9.97 Å². The van der Waals surface area contributed by atoms with Gasteiger partial charge in [-0.05, 0) is 47.2 Å². The minimum atomic E-state index is -9.79. The second kappa shape index (κ2) is 8.78. The number of hydrogen-bond donors (Lipinski definition) is 1. The Balaban J connectivity index is 1.83. The molecule has 0 radical (unpaired) electrons. The summed E-state index contributed by atoms with van der Waals surface area (Å²) < 4.78 is 70.3. The first-order chi connectivity index (χ1) is 16.1. The van der Waals surface area contributed by atoms with Gasteiger partial charge in [0.15, 0.2) is 5.78 Å². The molecule has 0 saturated carbocycles. The molecule has 0 aliphatic heterocycles. The van der Waals surface area contributed by atoms with Crippen LogP contribution in [0, 0.1) is 5.92 Å². The summed E-state index contributed by atoms with van der Waals surface area (Å²) in [4.78, 5) is 30.0. The van der Waals surface area contributed by atoms with E-state index in [2.05, 4.69) is 9.97 Å². The van der Waals surface area contributed by atoms with Crippen molar-refractivity contribution in [2.45, 2.75) is 37.5 Å². The molecule has 1 N–H and O–H groups in total. The van der Waals surface area contributed by atoms with Gasteiger partial charge in [-0.15, -0.1) is 0 Å². The third-order valence-electron chi connectivity index (χ3n) is 5.57. The van der Waals surface area contributed by atoms with E-state index >= 15 is 0 Å². The fraction of sp³-hybridized carbons (Fsp3) is 0.292. The van der Waals surface area contributed by atoms with Gasteiger partial charge in [-0.1, -0.05) is 57.5 Å². The summed E-state index contributed by atoms with van der Waals surface area (Å²) in [5, 5.41) is 0. The molecule has 0 unspecified atom stereocenters. The SMILES string of the molecule is COc1ccc(Cc2nc(C(=O)C[C@@H](c3ccc(S(F)(F)(F)(F)F)cc3)C(C)C)cc(=O)[nH]2)cc1. The van der Waals surface area contributed by atoms with Crippen LogP contribution in [0.3, 0.4) is 0 Å². The second-order valence-corrected chi connectivity index (χ2v) is 11.0. The van der Waals surface area contributed by atoms with Crippen LogP contribution in [0.1, 0.15) is 53.6 Å². The normalized spacial score (nSPS) is 14.8.